The van der Waals surface area contributed by atoms with E-state index in [1.165, 1.54) is 17.0 Å². The summed E-state index contributed by atoms with van der Waals surface area (Å²) in [5, 5.41) is 14.1. The minimum atomic E-state index is 0.420. The van der Waals surface area contributed by atoms with E-state index >= 15 is 0 Å². The van der Waals surface area contributed by atoms with Gasteiger partial charge in [0.15, 0.2) is 11.5 Å². The molecule has 3 rings (SSSR count). The zero-order valence-electron chi connectivity index (χ0n) is 13.1. The monoisotopic (exact) mass is 385 g/mol. The number of rotatable bonds is 5. The number of oxime groups is 1. The van der Waals surface area contributed by atoms with Crippen LogP contribution in [0.25, 0.3) is 10.8 Å². The first-order chi connectivity index (χ1) is 11.7. The molecule has 1 N–H and O–H groups in total. The normalized spacial score (nSPS) is 11.1. The summed E-state index contributed by atoms with van der Waals surface area (Å²) in [6, 6.07) is 17.9. The summed E-state index contributed by atoms with van der Waals surface area (Å²) in [4.78, 5) is 0. The molecule has 4 nitrogen and oxygen atoms in total. The molecule has 0 aliphatic carbocycles. The quantitative estimate of drug-likeness (QED) is 0.382. The van der Waals surface area contributed by atoms with Gasteiger partial charge in [-0.2, -0.15) is 0 Å². The van der Waals surface area contributed by atoms with Crippen molar-refractivity contribution in [2.24, 2.45) is 5.16 Å². The highest BCUT2D eigenvalue weighted by Gasteiger charge is 2.12. The van der Waals surface area contributed by atoms with Crippen LogP contribution in [0.2, 0.25) is 0 Å². The van der Waals surface area contributed by atoms with E-state index in [-0.39, 0.29) is 0 Å². The maximum Gasteiger partial charge on any atom is 0.175 e. The van der Waals surface area contributed by atoms with Gasteiger partial charge < -0.3 is 14.7 Å². The number of ether oxygens (including phenoxy) is 2. The van der Waals surface area contributed by atoms with Crippen LogP contribution in [0, 0.1) is 0 Å². The summed E-state index contributed by atoms with van der Waals surface area (Å²) in [7, 11) is 1.58. The Morgan fingerprint density at radius 3 is 2.71 bits per heavy atom. The molecule has 3 aromatic rings. The lowest BCUT2D eigenvalue weighted by atomic mass is 10.1. The molecule has 122 valence electrons. The van der Waals surface area contributed by atoms with E-state index < -0.39 is 0 Å². The fraction of sp³-hybridized carbons (Fsp3) is 0.105. The number of nitrogens with zero attached hydrogens (tertiary/aromatic N) is 1. The number of fused-ring (bicyclic) bond motifs is 1. The van der Waals surface area contributed by atoms with Crippen molar-refractivity contribution < 1.29 is 14.7 Å². The van der Waals surface area contributed by atoms with Gasteiger partial charge in [-0.25, -0.2) is 0 Å². The van der Waals surface area contributed by atoms with Gasteiger partial charge in [0.1, 0.15) is 6.61 Å². The van der Waals surface area contributed by atoms with Gasteiger partial charge in [-0.05, 0) is 44.4 Å². The van der Waals surface area contributed by atoms with Crippen LogP contribution in [-0.4, -0.2) is 18.5 Å². The van der Waals surface area contributed by atoms with E-state index in [1.807, 2.05) is 18.2 Å². The molecule has 5 heteroatoms. The van der Waals surface area contributed by atoms with Crippen LogP contribution < -0.4 is 9.47 Å². The topological polar surface area (TPSA) is 51.0 Å². The number of benzene rings is 3. The second kappa shape index (κ2) is 7.36. The Bertz CT molecular complexity index is 888. The van der Waals surface area contributed by atoms with Crippen LogP contribution in [0.15, 0.2) is 64.2 Å². The first-order valence-electron chi connectivity index (χ1n) is 7.37. The van der Waals surface area contributed by atoms with Crippen molar-refractivity contribution in [3.05, 3.63) is 70.2 Å². The van der Waals surface area contributed by atoms with Crippen molar-refractivity contribution in [3.8, 4) is 11.5 Å². The standard InChI is InChI=1S/C19H16BrNO3/c1-23-18-10-13(11-21-22)9-17(20)19(18)24-12-15-7-4-6-14-5-2-3-8-16(14)15/h2-11,22H,12H2,1H3/b21-11+. The Kier molecular flexibility index (Phi) is 5.01. The second-order valence-corrected chi connectivity index (χ2v) is 6.06. The van der Waals surface area contributed by atoms with E-state index in [1.54, 1.807) is 19.2 Å². The largest absolute Gasteiger partial charge is 0.493 e. The Balaban J connectivity index is 1.91. The first-order valence-corrected chi connectivity index (χ1v) is 8.16. The average Bonchev–Trinajstić information content (AvgIpc) is 2.60. The molecule has 0 unspecified atom stereocenters. The number of hydrogen-bond acceptors (Lipinski definition) is 4. The molecule has 0 aliphatic heterocycles. The maximum atomic E-state index is 8.68. The Morgan fingerprint density at radius 2 is 1.92 bits per heavy atom. The Hall–Kier alpha value is -2.53. The molecule has 3 aromatic carbocycles. The van der Waals surface area contributed by atoms with Crippen molar-refractivity contribution in [2.45, 2.75) is 6.61 Å². The highest BCUT2D eigenvalue weighted by molar-refractivity contribution is 9.10. The van der Waals surface area contributed by atoms with Crippen LogP contribution in [0.4, 0.5) is 0 Å². The van der Waals surface area contributed by atoms with Gasteiger partial charge in [0, 0.05) is 5.56 Å². The predicted molar refractivity (Wildman–Crippen MR) is 98.4 cm³/mol. The van der Waals surface area contributed by atoms with Crippen molar-refractivity contribution in [1.29, 1.82) is 0 Å². The Morgan fingerprint density at radius 1 is 1.12 bits per heavy atom. The fourth-order valence-corrected chi connectivity index (χ4v) is 3.16. The molecule has 24 heavy (non-hydrogen) atoms. The zero-order valence-corrected chi connectivity index (χ0v) is 14.7. The molecule has 0 radical (unpaired) electrons. The fourth-order valence-electron chi connectivity index (χ4n) is 2.59. The highest BCUT2D eigenvalue weighted by Crippen LogP contribution is 2.37. The number of methoxy groups -OCH3 is 1. The molecule has 0 bridgehead atoms. The molecule has 0 heterocycles. The van der Waals surface area contributed by atoms with Gasteiger partial charge >= 0.3 is 0 Å². The van der Waals surface area contributed by atoms with Crippen LogP contribution in [-0.2, 0) is 6.61 Å². The van der Waals surface area contributed by atoms with E-state index in [4.69, 9.17) is 14.7 Å². The minimum absolute atomic E-state index is 0.420. The van der Waals surface area contributed by atoms with Crippen LogP contribution >= 0.6 is 15.9 Å². The van der Waals surface area contributed by atoms with Gasteiger partial charge in [-0.3, -0.25) is 0 Å². The molecule has 0 saturated heterocycles. The molecule has 0 fully saturated rings. The summed E-state index contributed by atoms with van der Waals surface area (Å²) in [6.45, 7) is 0.420. The lowest BCUT2D eigenvalue weighted by Gasteiger charge is -2.14. The van der Waals surface area contributed by atoms with Crippen LogP contribution in [0.1, 0.15) is 11.1 Å². The number of halogens is 1. The summed E-state index contributed by atoms with van der Waals surface area (Å²) in [5.74, 6) is 1.18. The van der Waals surface area contributed by atoms with Gasteiger partial charge in [0.25, 0.3) is 0 Å². The van der Waals surface area contributed by atoms with Crippen molar-refractivity contribution in [2.75, 3.05) is 7.11 Å². The van der Waals surface area contributed by atoms with Crippen molar-refractivity contribution in [3.63, 3.8) is 0 Å². The second-order valence-electron chi connectivity index (χ2n) is 5.21. The molecule has 0 saturated carbocycles. The first kappa shape index (κ1) is 16.3. The molecular formula is C19H16BrNO3. The zero-order chi connectivity index (χ0) is 16.9. The number of hydrogen-bond donors (Lipinski definition) is 1. The summed E-state index contributed by atoms with van der Waals surface area (Å²) in [6.07, 6.45) is 1.34. The lowest BCUT2D eigenvalue weighted by Crippen LogP contribution is -2.00. The van der Waals surface area contributed by atoms with Gasteiger partial charge in [-0.1, -0.05) is 47.6 Å². The van der Waals surface area contributed by atoms with Crippen molar-refractivity contribution >= 4 is 32.9 Å². The maximum absolute atomic E-state index is 8.68. The molecule has 0 amide bonds. The summed E-state index contributed by atoms with van der Waals surface area (Å²) < 4.78 is 12.1. The van der Waals surface area contributed by atoms with Gasteiger partial charge in [0.05, 0.1) is 17.8 Å². The van der Waals surface area contributed by atoms with E-state index in [0.717, 1.165) is 10.0 Å². The molecule has 0 atom stereocenters. The molecule has 0 aromatic heterocycles. The van der Waals surface area contributed by atoms with E-state index in [9.17, 15) is 0 Å². The third-order valence-electron chi connectivity index (χ3n) is 3.71. The average molecular weight is 386 g/mol. The van der Waals surface area contributed by atoms with E-state index in [0.29, 0.717) is 23.7 Å². The van der Waals surface area contributed by atoms with Crippen LogP contribution in [0.5, 0.6) is 11.5 Å². The third-order valence-corrected chi connectivity index (χ3v) is 4.30. The van der Waals surface area contributed by atoms with Gasteiger partial charge in [-0.15, -0.1) is 0 Å². The van der Waals surface area contributed by atoms with E-state index in [2.05, 4.69) is 45.4 Å². The lowest BCUT2D eigenvalue weighted by molar-refractivity contribution is 0.283. The molecule has 0 spiro atoms. The third kappa shape index (κ3) is 3.36. The minimum Gasteiger partial charge on any atom is -0.493 e. The smallest absolute Gasteiger partial charge is 0.175 e. The van der Waals surface area contributed by atoms with Gasteiger partial charge in [0.2, 0.25) is 0 Å². The Labute approximate surface area is 148 Å². The van der Waals surface area contributed by atoms with Crippen LogP contribution in [0.3, 0.4) is 0 Å². The summed E-state index contributed by atoms with van der Waals surface area (Å²) >= 11 is 3.48. The summed E-state index contributed by atoms with van der Waals surface area (Å²) in [5.41, 5.74) is 1.81. The predicted octanol–water partition coefficient (Wildman–Crippen LogP) is 5.00. The molecular weight excluding hydrogens is 370 g/mol. The SMILES string of the molecule is COc1cc(/C=N/O)cc(Br)c1OCc1cccc2ccccc12. The molecule has 0 aliphatic rings. The highest BCUT2D eigenvalue weighted by atomic mass is 79.9. The van der Waals surface area contributed by atoms with Crippen molar-refractivity contribution in [1.82, 2.24) is 0 Å².